The van der Waals surface area contributed by atoms with Gasteiger partial charge in [0.25, 0.3) is 0 Å². The molecule has 258 valence electrons. The van der Waals surface area contributed by atoms with Gasteiger partial charge >= 0.3 is 0 Å². The molecule has 1 spiro atoms. The lowest BCUT2D eigenvalue weighted by atomic mass is 9.43. The number of rotatable bonds is 8. The Morgan fingerprint density at radius 1 is 0.723 bits per heavy atom. The lowest BCUT2D eigenvalue weighted by Gasteiger charge is -2.65. The second kappa shape index (κ2) is 12.7. The van der Waals surface area contributed by atoms with Crippen molar-refractivity contribution in [1.29, 1.82) is 0 Å². The van der Waals surface area contributed by atoms with Gasteiger partial charge in [-0.1, -0.05) is 95.3 Å². The molecule has 7 unspecified atom stereocenters. The highest BCUT2D eigenvalue weighted by molar-refractivity contribution is 6.74. The van der Waals surface area contributed by atoms with Gasteiger partial charge in [-0.15, -0.1) is 0 Å². The maximum Gasteiger partial charge on any atom is 0.192 e. The highest BCUT2D eigenvalue weighted by atomic mass is 28.4. The highest BCUT2D eigenvalue weighted by Crippen LogP contribution is 2.70. The van der Waals surface area contributed by atoms with Gasteiger partial charge in [0.2, 0.25) is 0 Å². The summed E-state index contributed by atoms with van der Waals surface area (Å²) in [5, 5.41) is 0.187. The van der Waals surface area contributed by atoms with E-state index in [1.54, 1.807) is 0 Å². The third kappa shape index (κ3) is 5.91. The zero-order valence-electron chi connectivity index (χ0n) is 30.1. The van der Waals surface area contributed by atoms with Gasteiger partial charge in [-0.25, -0.2) is 0 Å². The van der Waals surface area contributed by atoms with Crippen molar-refractivity contribution in [3.63, 3.8) is 0 Å². The second-order valence-corrected chi connectivity index (χ2v) is 22.4. The lowest BCUT2D eigenvalue weighted by Crippen LogP contribution is -2.66. The van der Waals surface area contributed by atoms with E-state index in [0.717, 1.165) is 32.1 Å². The minimum Gasteiger partial charge on any atom is -0.414 e. The van der Waals surface area contributed by atoms with E-state index in [9.17, 15) is 0 Å². The van der Waals surface area contributed by atoms with Crippen LogP contribution < -0.4 is 0 Å². The van der Waals surface area contributed by atoms with Crippen molar-refractivity contribution in [3.05, 3.63) is 71.8 Å². The van der Waals surface area contributed by atoms with Crippen molar-refractivity contribution in [3.8, 4) is 0 Å². The summed E-state index contributed by atoms with van der Waals surface area (Å²) in [7, 11) is -1.92. The first-order valence-corrected chi connectivity index (χ1v) is 21.5. The van der Waals surface area contributed by atoms with Crippen LogP contribution in [0.25, 0.3) is 0 Å². The highest BCUT2D eigenvalue weighted by Gasteiger charge is 2.70. The molecule has 5 nitrogen and oxygen atoms in total. The fraction of sp³-hybridized carbons (Fsp3) is 0.707. The minimum atomic E-state index is -1.92. The van der Waals surface area contributed by atoms with Gasteiger partial charge in [-0.2, -0.15) is 0 Å². The fourth-order valence-electron chi connectivity index (χ4n) is 10.7. The van der Waals surface area contributed by atoms with Gasteiger partial charge in [0, 0.05) is 17.9 Å². The molecule has 4 saturated carbocycles. The molecule has 47 heavy (non-hydrogen) atoms. The van der Waals surface area contributed by atoms with Crippen molar-refractivity contribution in [1.82, 2.24) is 0 Å². The predicted octanol–water partition coefficient (Wildman–Crippen LogP) is 9.55. The molecule has 7 rings (SSSR count). The average molecular weight is 661 g/mol. The molecular weight excluding hydrogens is 601 g/mol. The third-order valence-corrected chi connectivity index (χ3v) is 18.8. The zero-order chi connectivity index (χ0) is 33.1. The van der Waals surface area contributed by atoms with Crippen LogP contribution in [0.5, 0.6) is 0 Å². The van der Waals surface area contributed by atoms with E-state index in [0.29, 0.717) is 50.1 Å². The van der Waals surface area contributed by atoms with Crippen LogP contribution in [0.15, 0.2) is 60.7 Å². The topological polar surface area (TPSA) is 46.2 Å². The van der Waals surface area contributed by atoms with Crippen LogP contribution in [0.2, 0.25) is 18.1 Å². The molecule has 0 bridgehead atoms. The van der Waals surface area contributed by atoms with Crippen LogP contribution in [0, 0.1) is 34.5 Å². The SMILES string of the molecule is CC(C)(C)[Si](C)(C)OC1CC[C@@]2(C)C(C1)C(OCc1ccccc1)C(OCc1ccccc1)C1C2CC[C@@]2(C)C1CCC21OCCO1. The Kier molecular flexibility index (Phi) is 9.13. The fourth-order valence-corrected chi connectivity index (χ4v) is 12.1. The zero-order valence-corrected chi connectivity index (χ0v) is 31.1. The number of ether oxygens (including phenoxy) is 4. The van der Waals surface area contributed by atoms with Crippen molar-refractivity contribution >= 4 is 8.32 Å². The normalized spacial score (nSPS) is 38.1. The molecule has 0 amide bonds. The number of fused-ring (bicyclic) bond motifs is 6. The van der Waals surface area contributed by atoms with Crippen LogP contribution in [0.3, 0.4) is 0 Å². The molecule has 2 aromatic rings. The van der Waals surface area contributed by atoms with E-state index in [4.69, 9.17) is 23.4 Å². The van der Waals surface area contributed by atoms with Crippen LogP contribution >= 0.6 is 0 Å². The third-order valence-electron chi connectivity index (χ3n) is 14.3. The monoisotopic (exact) mass is 660 g/mol. The average Bonchev–Trinajstić information content (AvgIpc) is 3.65. The van der Waals surface area contributed by atoms with Crippen molar-refractivity contribution in [2.45, 2.75) is 135 Å². The van der Waals surface area contributed by atoms with E-state index in [-0.39, 0.29) is 34.2 Å². The lowest BCUT2D eigenvalue weighted by molar-refractivity contribution is -0.281. The molecule has 0 N–H and O–H groups in total. The summed E-state index contributed by atoms with van der Waals surface area (Å²) in [5.74, 6) is 1.37. The maximum absolute atomic E-state index is 7.29. The Hall–Kier alpha value is -1.54. The first-order valence-electron chi connectivity index (χ1n) is 18.6. The van der Waals surface area contributed by atoms with E-state index in [2.05, 4.69) is 108 Å². The minimum absolute atomic E-state index is 0.00482. The van der Waals surface area contributed by atoms with E-state index in [1.165, 1.54) is 24.0 Å². The molecule has 2 aromatic carbocycles. The van der Waals surface area contributed by atoms with E-state index in [1.807, 2.05) is 0 Å². The second-order valence-electron chi connectivity index (χ2n) is 17.6. The molecule has 6 heteroatoms. The largest absolute Gasteiger partial charge is 0.414 e. The summed E-state index contributed by atoms with van der Waals surface area (Å²) in [5.41, 5.74) is 2.60. The standard InChI is InChI=1S/C41H60O5Si/c1-38(2,3)47(6,7)46-31-18-21-39(4)32-19-22-40(5)33(20-23-41(40)44-24-25-45-41)35(32)37(43-28-30-16-12-9-13-17-30)36(34(39)26-31)42-27-29-14-10-8-11-15-29/h8-17,31-37H,18-28H2,1-7H3/t31?,32?,33?,34?,35?,36?,37?,39-,40+/m1/s1. The van der Waals surface area contributed by atoms with Crippen molar-refractivity contribution < 1.29 is 23.4 Å². The smallest absolute Gasteiger partial charge is 0.192 e. The summed E-state index contributed by atoms with van der Waals surface area (Å²) < 4.78 is 34.9. The van der Waals surface area contributed by atoms with Gasteiger partial charge in [-0.3, -0.25) is 0 Å². The summed E-state index contributed by atoms with van der Waals surface area (Å²) in [6, 6.07) is 21.5. The summed E-state index contributed by atoms with van der Waals surface area (Å²) >= 11 is 0. The molecule has 1 saturated heterocycles. The molecule has 1 heterocycles. The molecule has 0 aromatic heterocycles. The van der Waals surface area contributed by atoms with Crippen molar-refractivity contribution in [2.24, 2.45) is 34.5 Å². The van der Waals surface area contributed by atoms with E-state index >= 15 is 0 Å². The first-order chi connectivity index (χ1) is 22.4. The Bertz CT molecular complexity index is 1350. The van der Waals surface area contributed by atoms with Gasteiger partial charge in [0.05, 0.1) is 38.6 Å². The Labute approximate surface area is 285 Å². The van der Waals surface area contributed by atoms with Crippen LogP contribution in [-0.4, -0.2) is 45.6 Å². The molecule has 4 aliphatic carbocycles. The molecule has 9 atom stereocenters. The van der Waals surface area contributed by atoms with Crippen LogP contribution in [0.1, 0.15) is 90.7 Å². The number of hydrogen-bond donors (Lipinski definition) is 0. The first kappa shape index (κ1) is 33.9. The maximum atomic E-state index is 7.29. The van der Waals surface area contributed by atoms with Gasteiger partial charge in [0.1, 0.15) is 0 Å². The van der Waals surface area contributed by atoms with Gasteiger partial charge in [0.15, 0.2) is 14.1 Å². The van der Waals surface area contributed by atoms with Crippen molar-refractivity contribution in [2.75, 3.05) is 13.2 Å². The molecule has 5 fully saturated rings. The summed E-state index contributed by atoms with van der Waals surface area (Å²) in [6.07, 6.45) is 8.11. The van der Waals surface area contributed by atoms with Gasteiger partial charge in [-0.05, 0) is 96.9 Å². The number of hydrogen-bond acceptors (Lipinski definition) is 5. The molecule has 0 radical (unpaired) electrons. The molecular formula is C41H60O5Si. The Morgan fingerprint density at radius 2 is 1.30 bits per heavy atom. The van der Waals surface area contributed by atoms with Crippen LogP contribution in [0.4, 0.5) is 0 Å². The van der Waals surface area contributed by atoms with Gasteiger partial charge < -0.3 is 23.4 Å². The number of benzene rings is 2. The Balaban J connectivity index is 1.27. The Morgan fingerprint density at radius 3 is 1.89 bits per heavy atom. The molecule has 1 aliphatic heterocycles. The molecule has 5 aliphatic rings. The predicted molar refractivity (Wildman–Crippen MR) is 189 cm³/mol. The quantitative estimate of drug-likeness (QED) is 0.264. The summed E-state index contributed by atoms with van der Waals surface area (Å²) in [6.45, 7) is 19.7. The van der Waals surface area contributed by atoms with E-state index < -0.39 is 14.1 Å². The van der Waals surface area contributed by atoms with Crippen LogP contribution in [-0.2, 0) is 36.6 Å². The summed E-state index contributed by atoms with van der Waals surface area (Å²) in [4.78, 5) is 0.